The molecule has 2 aromatic rings. The Bertz CT molecular complexity index is 795. The van der Waals surface area contributed by atoms with Gasteiger partial charge in [-0.3, -0.25) is 14.9 Å². The Morgan fingerprint density at radius 3 is 2.64 bits per heavy atom. The summed E-state index contributed by atoms with van der Waals surface area (Å²) in [6.45, 7) is 1.81. The minimum atomic E-state index is -0.531. The first-order valence-corrected chi connectivity index (χ1v) is 8.27. The van der Waals surface area contributed by atoms with E-state index >= 15 is 0 Å². The number of methoxy groups -OCH3 is 1. The molecular weight excluding hydrogens is 392 g/mol. The number of nitro benzene ring substituents is 1. The van der Waals surface area contributed by atoms with E-state index < -0.39 is 10.8 Å². The Labute approximate surface area is 153 Å². The highest BCUT2D eigenvalue weighted by molar-refractivity contribution is 9.10. The molecule has 132 valence electrons. The van der Waals surface area contributed by atoms with Gasteiger partial charge >= 0.3 is 0 Å². The molecule has 0 saturated heterocycles. The van der Waals surface area contributed by atoms with E-state index in [-0.39, 0.29) is 18.0 Å². The fourth-order valence-corrected chi connectivity index (χ4v) is 2.60. The Morgan fingerprint density at radius 1 is 1.24 bits per heavy atom. The van der Waals surface area contributed by atoms with Crippen LogP contribution in [0, 0.1) is 10.1 Å². The molecule has 2 aromatic carbocycles. The molecule has 0 aliphatic carbocycles. The van der Waals surface area contributed by atoms with Crippen LogP contribution in [0.15, 0.2) is 40.9 Å². The Balaban J connectivity index is 2.04. The van der Waals surface area contributed by atoms with Crippen molar-refractivity contribution in [3.05, 3.63) is 56.5 Å². The number of hydrogen-bond donors (Lipinski definition) is 1. The molecule has 25 heavy (non-hydrogen) atoms. The van der Waals surface area contributed by atoms with Gasteiger partial charge < -0.3 is 14.8 Å². The highest BCUT2D eigenvalue weighted by Gasteiger charge is 2.14. The van der Waals surface area contributed by atoms with E-state index in [1.807, 2.05) is 19.1 Å². The summed E-state index contributed by atoms with van der Waals surface area (Å²) in [5.74, 6) is 0.453. The number of nitrogens with one attached hydrogen (secondary N) is 1. The zero-order valence-corrected chi connectivity index (χ0v) is 15.3. The van der Waals surface area contributed by atoms with Gasteiger partial charge in [0.1, 0.15) is 11.5 Å². The summed E-state index contributed by atoms with van der Waals surface area (Å²) < 4.78 is 11.6. The first-order valence-electron chi connectivity index (χ1n) is 7.48. The monoisotopic (exact) mass is 408 g/mol. The highest BCUT2D eigenvalue weighted by Crippen LogP contribution is 2.29. The van der Waals surface area contributed by atoms with Crippen molar-refractivity contribution in [1.29, 1.82) is 0 Å². The molecule has 0 aliphatic rings. The fourth-order valence-electron chi connectivity index (χ4n) is 2.19. The summed E-state index contributed by atoms with van der Waals surface area (Å²) in [5.41, 5.74) is 1.21. The molecule has 0 spiro atoms. The van der Waals surface area contributed by atoms with E-state index in [1.54, 1.807) is 6.07 Å². The second kappa shape index (κ2) is 8.48. The zero-order valence-electron chi connectivity index (χ0n) is 13.7. The van der Waals surface area contributed by atoms with Gasteiger partial charge in [-0.1, -0.05) is 22.9 Å². The lowest BCUT2D eigenvalue weighted by Crippen LogP contribution is -2.21. The van der Waals surface area contributed by atoms with Crippen LogP contribution in [0.2, 0.25) is 0 Å². The van der Waals surface area contributed by atoms with Crippen LogP contribution in [-0.4, -0.2) is 24.5 Å². The van der Waals surface area contributed by atoms with E-state index in [1.165, 1.54) is 25.3 Å². The van der Waals surface area contributed by atoms with Crippen molar-refractivity contribution in [3.8, 4) is 11.5 Å². The van der Waals surface area contributed by atoms with E-state index in [0.717, 1.165) is 16.5 Å². The smallest absolute Gasteiger partial charge is 0.273 e. The van der Waals surface area contributed by atoms with Gasteiger partial charge in [-0.15, -0.1) is 0 Å². The van der Waals surface area contributed by atoms with Crippen molar-refractivity contribution in [3.63, 3.8) is 0 Å². The van der Waals surface area contributed by atoms with Crippen LogP contribution in [0.4, 0.5) is 11.4 Å². The van der Waals surface area contributed by atoms with Gasteiger partial charge in [-0.2, -0.15) is 0 Å². The van der Waals surface area contributed by atoms with Crippen LogP contribution in [0.3, 0.4) is 0 Å². The number of hydrogen-bond acceptors (Lipinski definition) is 5. The molecule has 1 N–H and O–H groups in total. The van der Waals surface area contributed by atoms with Gasteiger partial charge in [0.2, 0.25) is 0 Å². The van der Waals surface area contributed by atoms with Crippen molar-refractivity contribution >= 4 is 33.2 Å². The number of halogens is 1. The highest BCUT2D eigenvalue weighted by atomic mass is 79.9. The molecule has 0 heterocycles. The number of anilines is 1. The van der Waals surface area contributed by atoms with Crippen molar-refractivity contribution < 1.29 is 19.2 Å². The number of non-ortho nitro benzene ring substituents is 1. The van der Waals surface area contributed by atoms with Crippen LogP contribution in [-0.2, 0) is 11.2 Å². The predicted molar refractivity (Wildman–Crippen MR) is 97.3 cm³/mol. The Kier molecular flexibility index (Phi) is 6.35. The average molecular weight is 409 g/mol. The van der Waals surface area contributed by atoms with Gasteiger partial charge in [-0.25, -0.2) is 0 Å². The van der Waals surface area contributed by atoms with E-state index in [0.29, 0.717) is 11.4 Å². The molecule has 0 fully saturated rings. The quantitative estimate of drug-likeness (QED) is 0.553. The number of aryl methyl sites for hydroxylation is 1. The summed E-state index contributed by atoms with van der Waals surface area (Å²) in [7, 11) is 1.38. The number of carbonyl (C=O) groups is 1. The summed E-state index contributed by atoms with van der Waals surface area (Å²) >= 11 is 3.40. The van der Waals surface area contributed by atoms with Gasteiger partial charge in [0.05, 0.1) is 23.8 Å². The maximum Gasteiger partial charge on any atom is 0.273 e. The molecule has 2 rings (SSSR count). The number of nitro groups is 1. The van der Waals surface area contributed by atoms with Gasteiger partial charge in [-0.05, 0) is 36.2 Å². The Hall–Kier alpha value is -2.61. The maximum atomic E-state index is 12.1. The first kappa shape index (κ1) is 18.7. The topological polar surface area (TPSA) is 90.7 Å². The lowest BCUT2D eigenvalue weighted by Gasteiger charge is -2.12. The zero-order chi connectivity index (χ0) is 18.4. The first-order chi connectivity index (χ1) is 11.9. The van der Waals surface area contributed by atoms with E-state index in [4.69, 9.17) is 9.47 Å². The molecule has 7 nitrogen and oxygen atoms in total. The third-order valence-corrected chi connectivity index (χ3v) is 3.93. The van der Waals surface area contributed by atoms with Crippen LogP contribution >= 0.6 is 15.9 Å². The SMILES string of the molecule is CCc1cc(Br)ccc1OCC(=O)Nc1ccc([N+](=O)[O-])cc1OC. The third kappa shape index (κ3) is 4.93. The van der Waals surface area contributed by atoms with Crippen LogP contribution in [0.1, 0.15) is 12.5 Å². The maximum absolute atomic E-state index is 12.1. The summed E-state index contributed by atoms with van der Waals surface area (Å²) in [6.07, 6.45) is 0.770. The van der Waals surface area contributed by atoms with Gasteiger partial charge in [0.15, 0.2) is 6.61 Å². The largest absolute Gasteiger partial charge is 0.494 e. The number of ether oxygens (including phenoxy) is 2. The third-order valence-electron chi connectivity index (χ3n) is 3.43. The summed E-state index contributed by atoms with van der Waals surface area (Å²) in [4.78, 5) is 22.4. The number of amides is 1. The molecule has 0 saturated carbocycles. The predicted octanol–water partition coefficient (Wildman–Crippen LogP) is 3.95. The molecule has 0 radical (unpaired) electrons. The summed E-state index contributed by atoms with van der Waals surface area (Å²) in [6, 6.07) is 9.54. The number of rotatable bonds is 7. The lowest BCUT2D eigenvalue weighted by atomic mass is 10.1. The van der Waals surface area contributed by atoms with E-state index in [2.05, 4.69) is 21.2 Å². The van der Waals surface area contributed by atoms with Crippen molar-refractivity contribution in [1.82, 2.24) is 0 Å². The number of benzene rings is 2. The fraction of sp³-hybridized carbons (Fsp3) is 0.235. The minimum absolute atomic E-state index is 0.117. The van der Waals surface area contributed by atoms with E-state index in [9.17, 15) is 14.9 Å². The molecule has 8 heteroatoms. The second-order valence-corrected chi connectivity index (χ2v) is 6.00. The molecule has 0 atom stereocenters. The normalized spacial score (nSPS) is 10.2. The van der Waals surface area contributed by atoms with Crippen molar-refractivity contribution in [2.24, 2.45) is 0 Å². The number of carbonyl (C=O) groups excluding carboxylic acids is 1. The van der Waals surface area contributed by atoms with Crippen LogP contribution in [0.25, 0.3) is 0 Å². The average Bonchev–Trinajstić information content (AvgIpc) is 2.60. The van der Waals surface area contributed by atoms with Crippen molar-refractivity contribution in [2.45, 2.75) is 13.3 Å². The van der Waals surface area contributed by atoms with Crippen molar-refractivity contribution in [2.75, 3.05) is 19.0 Å². The lowest BCUT2D eigenvalue weighted by molar-refractivity contribution is -0.384. The molecule has 0 unspecified atom stereocenters. The van der Waals surface area contributed by atoms with Crippen LogP contribution < -0.4 is 14.8 Å². The molecule has 0 aliphatic heterocycles. The second-order valence-electron chi connectivity index (χ2n) is 5.08. The van der Waals surface area contributed by atoms with Gasteiger partial charge in [0, 0.05) is 10.5 Å². The Morgan fingerprint density at radius 2 is 2.00 bits per heavy atom. The molecule has 0 aromatic heterocycles. The standard InChI is InChI=1S/C17H17BrN2O5/c1-3-11-8-12(18)4-7-15(11)25-10-17(21)19-14-6-5-13(20(22)23)9-16(14)24-2/h4-9H,3,10H2,1-2H3,(H,19,21). The van der Waals surface area contributed by atoms with Gasteiger partial charge in [0.25, 0.3) is 11.6 Å². The molecular formula is C17H17BrN2O5. The number of nitrogens with zero attached hydrogens (tertiary/aromatic N) is 1. The summed E-state index contributed by atoms with van der Waals surface area (Å²) in [5, 5.41) is 13.4. The molecule has 1 amide bonds. The minimum Gasteiger partial charge on any atom is -0.494 e. The van der Waals surface area contributed by atoms with Crippen LogP contribution in [0.5, 0.6) is 11.5 Å². The molecule has 0 bridgehead atoms.